The molecule has 0 spiro atoms. The Hall–Kier alpha value is -1.91. The van der Waals surface area contributed by atoms with Crippen molar-refractivity contribution in [3.05, 3.63) is 33.8 Å². The van der Waals surface area contributed by atoms with E-state index < -0.39 is 0 Å². The Labute approximate surface area is 145 Å². The second-order valence-corrected chi connectivity index (χ2v) is 7.23. The SMILES string of the molecule is O=c1[nH]nc(SCc2noc(-c3cccs3)n2)n1CC1CCCO1. The quantitative estimate of drug-likeness (QED) is 0.668. The van der Waals surface area contributed by atoms with Crippen LogP contribution >= 0.6 is 23.1 Å². The van der Waals surface area contributed by atoms with Crippen LogP contribution in [0.5, 0.6) is 0 Å². The van der Waals surface area contributed by atoms with Crippen molar-refractivity contribution in [3.63, 3.8) is 0 Å². The fourth-order valence-corrected chi connectivity index (χ4v) is 3.95. The van der Waals surface area contributed by atoms with E-state index in [9.17, 15) is 4.79 Å². The Morgan fingerprint density at radius 2 is 2.46 bits per heavy atom. The van der Waals surface area contributed by atoms with Crippen LogP contribution in [0.1, 0.15) is 18.7 Å². The van der Waals surface area contributed by atoms with Crippen LogP contribution in [0.15, 0.2) is 32.0 Å². The minimum atomic E-state index is -0.222. The van der Waals surface area contributed by atoms with E-state index in [1.54, 1.807) is 15.9 Å². The fourth-order valence-electron chi connectivity index (χ4n) is 2.51. The van der Waals surface area contributed by atoms with E-state index in [-0.39, 0.29) is 11.8 Å². The third-order valence-electron chi connectivity index (χ3n) is 3.66. The highest BCUT2D eigenvalue weighted by Gasteiger charge is 2.20. The molecule has 0 bridgehead atoms. The van der Waals surface area contributed by atoms with Gasteiger partial charge in [0.25, 0.3) is 5.89 Å². The first-order valence-electron chi connectivity index (χ1n) is 7.55. The van der Waals surface area contributed by atoms with Crippen molar-refractivity contribution in [2.75, 3.05) is 6.61 Å². The minimum Gasteiger partial charge on any atom is -0.376 e. The smallest absolute Gasteiger partial charge is 0.344 e. The fraction of sp³-hybridized carbons (Fsp3) is 0.429. The molecule has 0 amide bonds. The highest BCUT2D eigenvalue weighted by atomic mass is 32.2. The summed E-state index contributed by atoms with van der Waals surface area (Å²) >= 11 is 2.95. The topological polar surface area (TPSA) is 98.8 Å². The van der Waals surface area contributed by atoms with Gasteiger partial charge in [-0.3, -0.25) is 4.57 Å². The van der Waals surface area contributed by atoms with Gasteiger partial charge in [0.05, 0.1) is 23.3 Å². The van der Waals surface area contributed by atoms with E-state index in [1.165, 1.54) is 11.8 Å². The molecule has 0 aromatic carbocycles. The summed E-state index contributed by atoms with van der Waals surface area (Å²) in [4.78, 5) is 17.2. The molecular weight excluding hydrogens is 350 g/mol. The molecule has 0 aliphatic carbocycles. The number of hydrogen-bond donors (Lipinski definition) is 1. The Kier molecular flexibility index (Phi) is 4.50. The monoisotopic (exact) mass is 365 g/mol. The van der Waals surface area contributed by atoms with Crippen molar-refractivity contribution in [2.45, 2.75) is 36.4 Å². The van der Waals surface area contributed by atoms with E-state index in [2.05, 4.69) is 20.3 Å². The van der Waals surface area contributed by atoms with E-state index in [0.717, 1.165) is 24.3 Å². The maximum absolute atomic E-state index is 11.9. The van der Waals surface area contributed by atoms with Crippen LogP contribution in [0.2, 0.25) is 0 Å². The summed E-state index contributed by atoms with van der Waals surface area (Å²) in [6.45, 7) is 1.28. The number of nitrogens with one attached hydrogen (secondary N) is 1. The predicted molar refractivity (Wildman–Crippen MR) is 89.0 cm³/mol. The number of aromatic nitrogens is 5. The number of aromatic amines is 1. The molecule has 1 aliphatic rings. The van der Waals surface area contributed by atoms with Gasteiger partial charge in [0, 0.05) is 6.61 Å². The first-order valence-corrected chi connectivity index (χ1v) is 9.42. The number of H-pyrrole nitrogens is 1. The van der Waals surface area contributed by atoms with Crippen molar-refractivity contribution < 1.29 is 9.26 Å². The molecule has 126 valence electrons. The summed E-state index contributed by atoms with van der Waals surface area (Å²) < 4.78 is 12.5. The Bertz CT molecular complexity index is 848. The van der Waals surface area contributed by atoms with Crippen molar-refractivity contribution in [1.29, 1.82) is 0 Å². The van der Waals surface area contributed by atoms with Gasteiger partial charge >= 0.3 is 5.69 Å². The lowest BCUT2D eigenvalue weighted by atomic mass is 10.2. The number of hydrogen-bond acceptors (Lipinski definition) is 8. The van der Waals surface area contributed by atoms with Gasteiger partial charge in [-0.1, -0.05) is 23.0 Å². The van der Waals surface area contributed by atoms with Crippen LogP contribution in [0.3, 0.4) is 0 Å². The van der Waals surface area contributed by atoms with Crippen molar-refractivity contribution in [2.24, 2.45) is 0 Å². The molecular formula is C14H15N5O3S2. The molecule has 0 radical (unpaired) electrons. The summed E-state index contributed by atoms with van der Waals surface area (Å²) in [6, 6.07) is 3.87. The number of rotatable bonds is 6. The number of nitrogens with zero attached hydrogens (tertiary/aromatic N) is 4. The first kappa shape index (κ1) is 15.6. The highest BCUT2D eigenvalue weighted by Crippen LogP contribution is 2.25. The molecule has 1 aliphatic heterocycles. The normalized spacial score (nSPS) is 17.6. The van der Waals surface area contributed by atoms with E-state index in [4.69, 9.17) is 9.26 Å². The molecule has 3 aromatic rings. The molecule has 3 aromatic heterocycles. The van der Waals surface area contributed by atoms with Gasteiger partial charge in [0.15, 0.2) is 11.0 Å². The number of ether oxygens (including phenoxy) is 1. The molecule has 10 heteroatoms. The van der Waals surface area contributed by atoms with Crippen LogP contribution in [0, 0.1) is 0 Å². The molecule has 1 unspecified atom stereocenters. The van der Waals surface area contributed by atoms with Gasteiger partial charge in [-0.2, -0.15) is 4.98 Å². The average Bonchev–Trinajstić information content (AvgIpc) is 3.36. The van der Waals surface area contributed by atoms with Crippen LogP contribution < -0.4 is 5.69 Å². The van der Waals surface area contributed by atoms with Crippen LogP contribution in [-0.2, 0) is 17.0 Å². The molecule has 8 nitrogen and oxygen atoms in total. The van der Waals surface area contributed by atoms with Crippen LogP contribution in [-0.4, -0.2) is 37.6 Å². The molecule has 0 saturated carbocycles. The summed E-state index contributed by atoms with van der Waals surface area (Å²) in [6.07, 6.45) is 2.08. The molecule has 24 heavy (non-hydrogen) atoms. The number of thiophene rings is 1. The lowest BCUT2D eigenvalue weighted by molar-refractivity contribution is 0.0941. The standard InChI is InChI=1S/C14H15N5O3S2/c20-13-16-17-14(19(13)7-9-3-1-5-21-9)24-8-11-15-12(22-18-11)10-4-2-6-23-10/h2,4,6,9H,1,3,5,7-8H2,(H,16,20). The van der Waals surface area contributed by atoms with Gasteiger partial charge in [0.1, 0.15) is 0 Å². The summed E-state index contributed by atoms with van der Waals surface area (Å²) in [5.74, 6) is 1.56. The minimum absolute atomic E-state index is 0.0789. The maximum Gasteiger partial charge on any atom is 0.344 e. The van der Waals surface area contributed by atoms with Gasteiger partial charge in [0.2, 0.25) is 0 Å². The van der Waals surface area contributed by atoms with Gasteiger partial charge < -0.3 is 9.26 Å². The van der Waals surface area contributed by atoms with E-state index >= 15 is 0 Å². The van der Waals surface area contributed by atoms with E-state index in [0.29, 0.717) is 29.2 Å². The van der Waals surface area contributed by atoms with Crippen molar-refractivity contribution in [3.8, 4) is 10.8 Å². The van der Waals surface area contributed by atoms with Gasteiger partial charge in [-0.05, 0) is 24.3 Å². The Morgan fingerprint density at radius 3 is 3.25 bits per heavy atom. The van der Waals surface area contributed by atoms with Gasteiger partial charge in [-0.15, -0.1) is 16.4 Å². The third kappa shape index (κ3) is 3.30. The average molecular weight is 365 g/mol. The second-order valence-electron chi connectivity index (χ2n) is 5.34. The molecule has 1 N–H and O–H groups in total. The molecule has 4 rings (SSSR count). The zero-order valence-corrected chi connectivity index (χ0v) is 14.3. The Balaban J connectivity index is 1.43. The zero-order valence-electron chi connectivity index (χ0n) is 12.7. The van der Waals surface area contributed by atoms with Crippen molar-refractivity contribution >= 4 is 23.1 Å². The molecule has 1 saturated heterocycles. The second kappa shape index (κ2) is 6.91. The van der Waals surface area contributed by atoms with Gasteiger partial charge in [-0.25, -0.2) is 9.89 Å². The molecule has 1 fully saturated rings. The predicted octanol–water partition coefficient (Wildman–Crippen LogP) is 2.15. The summed E-state index contributed by atoms with van der Waals surface area (Å²) in [5, 5.41) is 13.1. The Morgan fingerprint density at radius 1 is 1.50 bits per heavy atom. The maximum atomic E-state index is 11.9. The molecule has 4 heterocycles. The zero-order chi connectivity index (χ0) is 16.4. The van der Waals surface area contributed by atoms with E-state index in [1.807, 2.05) is 17.5 Å². The summed E-state index contributed by atoms with van der Waals surface area (Å²) in [5.41, 5.74) is -0.222. The lowest BCUT2D eigenvalue weighted by Crippen LogP contribution is -2.24. The van der Waals surface area contributed by atoms with Crippen LogP contribution in [0.4, 0.5) is 0 Å². The highest BCUT2D eigenvalue weighted by molar-refractivity contribution is 7.98. The van der Waals surface area contributed by atoms with Crippen molar-refractivity contribution in [1.82, 2.24) is 24.9 Å². The van der Waals surface area contributed by atoms with Crippen LogP contribution in [0.25, 0.3) is 10.8 Å². The number of thioether (sulfide) groups is 1. The summed E-state index contributed by atoms with van der Waals surface area (Å²) in [7, 11) is 0. The lowest BCUT2D eigenvalue weighted by Gasteiger charge is -2.10. The molecule has 1 atom stereocenters. The first-order chi connectivity index (χ1) is 11.8. The third-order valence-corrected chi connectivity index (χ3v) is 5.49. The largest absolute Gasteiger partial charge is 0.376 e.